The van der Waals surface area contributed by atoms with E-state index in [1.807, 2.05) is 39.2 Å². The molecule has 8 heteroatoms. The Hall–Kier alpha value is -1.68. The molecule has 0 amide bonds. The van der Waals surface area contributed by atoms with Crippen LogP contribution in [0.25, 0.3) is 0 Å². The highest BCUT2D eigenvalue weighted by Gasteiger charge is 2.24. The van der Waals surface area contributed by atoms with Crippen LogP contribution in [0.15, 0.2) is 35.7 Å². The van der Waals surface area contributed by atoms with Gasteiger partial charge in [0, 0.05) is 31.5 Å². The van der Waals surface area contributed by atoms with Crippen molar-refractivity contribution in [1.82, 2.24) is 25.4 Å². The van der Waals surface area contributed by atoms with Gasteiger partial charge in [-0.15, -0.1) is 24.0 Å². The standard InChI is InChI=1S/C17H26N6O.HI/c1-5-18-16(20-10-15-13(2)7-6-8-19-15)21-12-17(3,24)14-9-22-23(4)11-14;/h6-9,11,24H,5,10,12H2,1-4H3,(H2,18,20,21);1H. The monoisotopic (exact) mass is 458 g/mol. The molecule has 0 radical (unpaired) electrons. The highest BCUT2D eigenvalue weighted by molar-refractivity contribution is 14.0. The van der Waals surface area contributed by atoms with E-state index in [9.17, 15) is 5.11 Å². The van der Waals surface area contributed by atoms with Crippen LogP contribution in [-0.4, -0.2) is 38.9 Å². The lowest BCUT2D eigenvalue weighted by Gasteiger charge is -2.23. The maximum atomic E-state index is 10.6. The van der Waals surface area contributed by atoms with Crippen molar-refractivity contribution in [2.24, 2.45) is 12.0 Å². The second-order valence-corrected chi connectivity index (χ2v) is 5.99. The van der Waals surface area contributed by atoms with Gasteiger partial charge >= 0.3 is 0 Å². The van der Waals surface area contributed by atoms with Gasteiger partial charge in [0.15, 0.2) is 5.96 Å². The summed E-state index contributed by atoms with van der Waals surface area (Å²) in [5.74, 6) is 0.645. The van der Waals surface area contributed by atoms with Crippen molar-refractivity contribution in [3.8, 4) is 0 Å². The summed E-state index contributed by atoms with van der Waals surface area (Å²) in [4.78, 5) is 8.89. The zero-order valence-corrected chi connectivity index (χ0v) is 17.5. The van der Waals surface area contributed by atoms with Crippen molar-refractivity contribution in [1.29, 1.82) is 0 Å². The van der Waals surface area contributed by atoms with E-state index in [0.717, 1.165) is 23.4 Å². The minimum absolute atomic E-state index is 0. The molecule has 0 bridgehead atoms. The van der Waals surface area contributed by atoms with Crippen LogP contribution in [0.3, 0.4) is 0 Å². The molecule has 0 aliphatic carbocycles. The van der Waals surface area contributed by atoms with Crippen LogP contribution in [0.1, 0.15) is 30.7 Å². The number of guanidine groups is 1. The fraction of sp³-hybridized carbons (Fsp3) is 0.471. The van der Waals surface area contributed by atoms with Gasteiger partial charge in [0.25, 0.3) is 0 Å². The average molecular weight is 458 g/mol. The molecule has 2 aromatic heterocycles. The first-order valence-electron chi connectivity index (χ1n) is 8.06. The fourth-order valence-electron chi connectivity index (χ4n) is 2.24. The van der Waals surface area contributed by atoms with Gasteiger partial charge in [0.1, 0.15) is 5.60 Å². The number of hydrogen-bond donors (Lipinski definition) is 3. The second kappa shape index (κ2) is 9.71. The van der Waals surface area contributed by atoms with Gasteiger partial charge in [-0.2, -0.15) is 5.10 Å². The number of hydrogen-bond acceptors (Lipinski definition) is 4. The number of aryl methyl sites for hydroxylation is 2. The molecule has 0 aliphatic rings. The van der Waals surface area contributed by atoms with Gasteiger partial charge in [-0.3, -0.25) is 9.67 Å². The molecule has 2 aromatic rings. The third-order valence-corrected chi connectivity index (χ3v) is 3.78. The SMILES string of the molecule is CCNC(=NCc1ncccc1C)NCC(C)(O)c1cnn(C)c1.I. The Kier molecular flexibility index (Phi) is 8.30. The van der Waals surface area contributed by atoms with E-state index in [4.69, 9.17) is 0 Å². The summed E-state index contributed by atoms with van der Waals surface area (Å²) in [6.45, 7) is 7.32. The number of nitrogens with zero attached hydrogens (tertiary/aromatic N) is 4. The second-order valence-electron chi connectivity index (χ2n) is 5.99. The van der Waals surface area contributed by atoms with E-state index < -0.39 is 5.60 Å². The molecule has 25 heavy (non-hydrogen) atoms. The van der Waals surface area contributed by atoms with Crippen molar-refractivity contribution in [2.45, 2.75) is 32.9 Å². The quantitative estimate of drug-likeness (QED) is 0.349. The molecule has 0 fully saturated rings. The van der Waals surface area contributed by atoms with E-state index in [-0.39, 0.29) is 24.0 Å². The molecule has 0 saturated carbocycles. The molecule has 0 aromatic carbocycles. The van der Waals surface area contributed by atoms with Gasteiger partial charge < -0.3 is 15.7 Å². The van der Waals surface area contributed by atoms with Crippen LogP contribution in [0, 0.1) is 6.92 Å². The predicted octanol–water partition coefficient (Wildman–Crippen LogP) is 1.70. The Balaban J connectivity index is 0.00000312. The van der Waals surface area contributed by atoms with Crippen LogP contribution < -0.4 is 10.6 Å². The maximum absolute atomic E-state index is 10.6. The summed E-state index contributed by atoms with van der Waals surface area (Å²) in [6.07, 6.45) is 5.25. The molecule has 2 rings (SSSR count). The Labute approximate surface area is 166 Å². The molecular weight excluding hydrogens is 431 g/mol. The van der Waals surface area contributed by atoms with Crippen LogP contribution in [0.2, 0.25) is 0 Å². The highest BCUT2D eigenvalue weighted by atomic mass is 127. The normalized spacial score (nSPS) is 13.7. The fourth-order valence-corrected chi connectivity index (χ4v) is 2.24. The van der Waals surface area contributed by atoms with Gasteiger partial charge in [-0.05, 0) is 32.4 Å². The Morgan fingerprint density at radius 2 is 2.16 bits per heavy atom. The summed E-state index contributed by atoms with van der Waals surface area (Å²) in [5, 5.41) is 21.1. The van der Waals surface area contributed by atoms with Crippen LogP contribution in [0.4, 0.5) is 0 Å². The van der Waals surface area contributed by atoms with Crippen LogP contribution in [0.5, 0.6) is 0 Å². The largest absolute Gasteiger partial charge is 0.383 e. The lowest BCUT2D eigenvalue weighted by Crippen LogP contribution is -2.44. The minimum Gasteiger partial charge on any atom is -0.383 e. The number of halogens is 1. The number of aliphatic hydroxyl groups is 1. The number of pyridine rings is 1. The van der Waals surface area contributed by atoms with Crippen molar-refractivity contribution in [3.05, 3.63) is 47.5 Å². The molecule has 2 heterocycles. The zero-order valence-electron chi connectivity index (χ0n) is 15.2. The third kappa shape index (κ3) is 6.28. The maximum Gasteiger partial charge on any atom is 0.191 e. The number of aromatic nitrogens is 3. The van der Waals surface area contributed by atoms with Gasteiger partial charge in [0.2, 0.25) is 0 Å². The molecular formula is C17H27IN6O. The summed E-state index contributed by atoms with van der Waals surface area (Å²) in [5.41, 5.74) is 1.77. The summed E-state index contributed by atoms with van der Waals surface area (Å²) >= 11 is 0. The molecule has 7 nitrogen and oxygen atoms in total. The summed E-state index contributed by atoms with van der Waals surface area (Å²) < 4.78 is 1.67. The van der Waals surface area contributed by atoms with Crippen LogP contribution >= 0.6 is 24.0 Å². The zero-order chi connectivity index (χ0) is 17.6. The van der Waals surface area contributed by atoms with E-state index in [0.29, 0.717) is 19.0 Å². The Bertz CT molecular complexity index is 698. The van der Waals surface area contributed by atoms with Gasteiger partial charge in [0.05, 0.1) is 25.0 Å². The van der Waals surface area contributed by atoms with Gasteiger partial charge in [-0.1, -0.05) is 6.07 Å². The molecule has 3 N–H and O–H groups in total. The predicted molar refractivity (Wildman–Crippen MR) is 110 cm³/mol. The first-order valence-corrected chi connectivity index (χ1v) is 8.06. The molecule has 1 atom stereocenters. The summed E-state index contributed by atoms with van der Waals surface area (Å²) in [6, 6.07) is 3.93. The van der Waals surface area contributed by atoms with Crippen molar-refractivity contribution < 1.29 is 5.11 Å². The number of nitrogens with one attached hydrogen (secondary N) is 2. The Morgan fingerprint density at radius 3 is 2.76 bits per heavy atom. The van der Waals surface area contributed by atoms with Crippen molar-refractivity contribution in [3.63, 3.8) is 0 Å². The smallest absolute Gasteiger partial charge is 0.191 e. The molecule has 0 aliphatic heterocycles. The van der Waals surface area contributed by atoms with Crippen LogP contribution in [-0.2, 0) is 19.2 Å². The van der Waals surface area contributed by atoms with E-state index >= 15 is 0 Å². The van der Waals surface area contributed by atoms with E-state index in [1.54, 1.807) is 24.0 Å². The number of aliphatic imine (C=N–C) groups is 1. The molecule has 0 saturated heterocycles. The van der Waals surface area contributed by atoms with Crippen molar-refractivity contribution in [2.75, 3.05) is 13.1 Å². The third-order valence-electron chi connectivity index (χ3n) is 3.78. The minimum atomic E-state index is -1.04. The average Bonchev–Trinajstić information content (AvgIpc) is 2.99. The Morgan fingerprint density at radius 1 is 1.40 bits per heavy atom. The lowest BCUT2D eigenvalue weighted by molar-refractivity contribution is 0.0616. The summed E-state index contributed by atoms with van der Waals surface area (Å²) in [7, 11) is 1.83. The number of rotatable bonds is 6. The lowest BCUT2D eigenvalue weighted by atomic mass is 10.00. The first-order chi connectivity index (χ1) is 11.4. The highest BCUT2D eigenvalue weighted by Crippen LogP contribution is 2.18. The van der Waals surface area contributed by atoms with E-state index in [1.165, 1.54) is 0 Å². The van der Waals surface area contributed by atoms with E-state index in [2.05, 4.69) is 25.7 Å². The molecule has 138 valence electrons. The molecule has 0 spiro atoms. The van der Waals surface area contributed by atoms with Gasteiger partial charge in [-0.25, -0.2) is 4.99 Å². The first kappa shape index (κ1) is 21.4. The topological polar surface area (TPSA) is 87.4 Å². The molecule has 1 unspecified atom stereocenters. The van der Waals surface area contributed by atoms with Crippen molar-refractivity contribution >= 4 is 29.9 Å².